The molecular formula is C9H9BrFI. The van der Waals surface area contributed by atoms with Crippen molar-refractivity contribution >= 4 is 38.5 Å². The predicted octanol–water partition coefficient (Wildman–Crippen LogP) is 3.76. The summed E-state index contributed by atoms with van der Waals surface area (Å²) in [4.78, 5) is 0. The molecule has 0 saturated carbocycles. The zero-order chi connectivity index (χ0) is 8.97. The van der Waals surface area contributed by atoms with E-state index in [1.807, 2.05) is 6.07 Å². The average Bonchev–Trinajstić information content (AvgIpc) is 2.04. The van der Waals surface area contributed by atoms with Crippen LogP contribution in [0.1, 0.15) is 12.0 Å². The first-order valence-corrected chi connectivity index (χ1v) is 5.94. The topological polar surface area (TPSA) is 0 Å². The van der Waals surface area contributed by atoms with Gasteiger partial charge in [0.25, 0.3) is 0 Å². The van der Waals surface area contributed by atoms with Crippen molar-refractivity contribution < 1.29 is 4.39 Å². The normalized spacial score (nSPS) is 10.2. The van der Waals surface area contributed by atoms with E-state index >= 15 is 0 Å². The van der Waals surface area contributed by atoms with Gasteiger partial charge in [-0.15, -0.1) is 0 Å². The number of benzene rings is 1. The fourth-order valence-electron chi connectivity index (χ4n) is 1.01. The molecule has 66 valence electrons. The Morgan fingerprint density at radius 2 is 2.17 bits per heavy atom. The minimum Gasteiger partial charge on any atom is -0.207 e. The van der Waals surface area contributed by atoms with E-state index in [-0.39, 0.29) is 5.82 Å². The SMILES string of the molecule is Fc1cccc(I)c1CCCBr. The van der Waals surface area contributed by atoms with Crippen LogP contribution in [0.2, 0.25) is 0 Å². The summed E-state index contributed by atoms with van der Waals surface area (Å²) in [7, 11) is 0. The van der Waals surface area contributed by atoms with Crippen LogP contribution in [-0.4, -0.2) is 5.33 Å². The van der Waals surface area contributed by atoms with E-state index < -0.39 is 0 Å². The van der Waals surface area contributed by atoms with Crippen LogP contribution in [-0.2, 0) is 6.42 Å². The van der Waals surface area contributed by atoms with Crippen LogP contribution in [0.3, 0.4) is 0 Å². The molecule has 0 atom stereocenters. The van der Waals surface area contributed by atoms with E-state index in [1.54, 1.807) is 6.07 Å². The molecule has 3 heteroatoms. The standard InChI is InChI=1S/C9H9BrFI/c10-6-2-3-7-8(11)4-1-5-9(7)12/h1,4-5H,2-3,6H2. The average molecular weight is 343 g/mol. The molecule has 0 unspecified atom stereocenters. The maximum atomic E-state index is 13.2. The van der Waals surface area contributed by atoms with Crippen molar-refractivity contribution in [1.29, 1.82) is 0 Å². The molecule has 0 fully saturated rings. The summed E-state index contributed by atoms with van der Waals surface area (Å²) in [6, 6.07) is 5.20. The maximum absolute atomic E-state index is 13.2. The number of halogens is 3. The molecule has 0 N–H and O–H groups in total. The van der Waals surface area contributed by atoms with Gasteiger partial charge in [-0.25, -0.2) is 4.39 Å². The van der Waals surface area contributed by atoms with Crippen molar-refractivity contribution in [2.24, 2.45) is 0 Å². The smallest absolute Gasteiger partial charge is 0.127 e. The van der Waals surface area contributed by atoms with Crippen molar-refractivity contribution in [2.75, 3.05) is 5.33 Å². The molecule has 1 rings (SSSR count). The lowest BCUT2D eigenvalue weighted by Crippen LogP contribution is -1.94. The van der Waals surface area contributed by atoms with E-state index in [2.05, 4.69) is 38.5 Å². The van der Waals surface area contributed by atoms with Gasteiger partial charge in [0.2, 0.25) is 0 Å². The lowest BCUT2D eigenvalue weighted by Gasteiger charge is -2.03. The fourth-order valence-corrected chi connectivity index (χ4v) is 2.03. The van der Waals surface area contributed by atoms with Crippen LogP contribution < -0.4 is 0 Å². The Bertz CT molecular complexity index is 242. The third-order valence-corrected chi connectivity index (χ3v) is 3.19. The van der Waals surface area contributed by atoms with Crippen LogP contribution >= 0.6 is 38.5 Å². The van der Waals surface area contributed by atoms with Gasteiger partial charge in [-0.3, -0.25) is 0 Å². The highest BCUT2D eigenvalue weighted by Gasteiger charge is 2.04. The van der Waals surface area contributed by atoms with Crippen molar-refractivity contribution in [3.63, 3.8) is 0 Å². The third kappa shape index (κ3) is 2.69. The van der Waals surface area contributed by atoms with Gasteiger partial charge in [0, 0.05) is 14.5 Å². The number of rotatable bonds is 3. The second-order valence-corrected chi connectivity index (χ2v) is 4.45. The summed E-state index contributed by atoms with van der Waals surface area (Å²) in [6.07, 6.45) is 1.80. The molecule has 0 aromatic heterocycles. The molecule has 0 bridgehead atoms. The molecule has 0 saturated heterocycles. The van der Waals surface area contributed by atoms with E-state index in [0.717, 1.165) is 27.3 Å². The van der Waals surface area contributed by atoms with Crippen LogP contribution in [0.15, 0.2) is 18.2 Å². The lowest BCUT2D eigenvalue weighted by atomic mass is 10.1. The van der Waals surface area contributed by atoms with Crippen molar-refractivity contribution in [3.8, 4) is 0 Å². The maximum Gasteiger partial charge on any atom is 0.127 e. The third-order valence-electron chi connectivity index (χ3n) is 1.62. The number of hydrogen-bond donors (Lipinski definition) is 0. The Hall–Kier alpha value is 0.360. The summed E-state index contributed by atoms with van der Waals surface area (Å²) < 4.78 is 14.2. The summed E-state index contributed by atoms with van der Waals surface area (Å²) >= 11 is 5.50. The van der Waals surface area contributed by atoms with Gasteiger partial charge >= 0.3 is 0 Å². The highest BCUT2D eigenvalue weighted by Crippen LogP contribution is 2.17. The Labute approximate surface area is 93.8 Å². The first-order valence-electron chi connectivity index (χ1n) is 3.74. The van der Waals surface area contributed by atoms with Gasteiger partial charge < -0.3 is 0 Å². The molecule has 0 nitrogen and oxygen atoms in total. The van der Waals surface area contributed by atoms with Gasteiger partial charge in [0.15, 0.2) is 0 Å². The zero-order valence-electron chi connectivity index (χ0n) is 6.49. The Morgan fingerprint density at radius 1 is 1.42 bits per heavy atom. The van der Waals surface area contributed by atoms with E-state index in [9.17, 15) is 4.39 Å². The van der Waals surface area contributed by atoms with Gasteiger partial charge in [0.1, 0.15) is 5.82 Å². The molecule has 0 aliphatic heterocycles. The van der Waals surface area contributed by atoms with Gasteiger partial charge in [0.05, 0.1) is 0 Å². The number of hydrogen-bond acceptors (Lipinski definition) is 0. The molecule has 1 aromatic rings. The first kappa shape index (κ1) is 10.4. The fraction of sp³-hybridized carbons (Fsp3) is 0.333. The van der Waals surface area contributed by atoms with Crippen molar-refractivity contribution in [1.82, 2.24) is 0 Å². The molecule has 0 spiro atoms. The highest BCUT2D eigenvalue weighted by molar-refractivity contribution is 14.1. The van der Waals surface area contributed by atoms with Gasteiger partial charge in [-0.05, 0) is 47.6 Å². The second-order valence-electron chi connectivity index (χ2n) is 2.49. The molecule has 1 aromatic carbocycles. The zero-order valence-corrected chi connectivity index (χ0v) is 10.2. The van der Waals surface area contributed by atoms with Crippen LogP contribution in [0.4, 0.5) is 4.39 Å². The molecular weight excluding hydrogens is 334 g/mol. The Morgan fingerprint density at radius 3 is 2.75 bits per heavy atom. The molecule has 0 heterocycles. The largest absolute Gasteiger partial charge is 0.207 e. The number of alkyl halides is 1. The van der Waals surface area contributed by atoms with E-state index in [1.165, 1.54) is 6.07 Å². The van der Waals surface area contributed by atoms with Crippen molar-refractivity contribution in [3.05, 3.63) is 33.1 Å². The minimum absolute atomic E-state index is 0.0807. The second kappa shape index (κ2) is 5.17. The van der Waals surface area contributed by atoms with Crippen LogP contribution in [0, 0.1) is 9.39 Å². The summed E-state index contributed by atoms with van der Waals surface area (Å²) in [5.41, 5.74) is 0.845. The summed E-state index contributed by atoms with van der Waals surface area (Å²) in [5, 5.41) is 0.928. The van der Waals surface area contributed by atoms with Crippen LogP contribution in [0.5, 0.6) is 0 Å². The van der Waals surface area contributed by atoms with E-state index in [4.69, 9.17) is 0 Å². The molecule has 0 radical (unpaired) electrons. The van der Waals surface area contributed by atoms with Crippen LogP contribution in [0.25, 0.3) is 0 Å². The van der Waals surface area contributed by atoms with E-state index in [0.29, 0.717) is 0 Å². The highest BCUT2D eigenvalue weighted by atomic mass is 127. The molecule has 0 aliphatic carbocycles. The lowest BCUT2D eigenvalue weighted by molar-refractivity contribution is 0.606. The molecule has 0 amide bonds. The minimum atomic E-state index is -0.0807. The quantitative estimate of drug-likeness (QED) is 0.579. The molecule has 12 heavy (non-hydrogen) atoms. The monoisotopic (exact) mass is 342 g/mol. The van der Waals surface area contributed by atoms with Gasteiger partial charge in [-0.1, -0.05) is 22.0 Å². The Balaban J connectivity index is 2.81. The summed E-state index contributed by atoms with van der Waals surface area (Å²) in [6.45, 7) is 0. The Kier molecular flexibility index (Phi) is 4.50. The summed E-state index contributed by atoms with van der Waals surface area (Å²) in [5.74, 6) is -0.0807. The van der Waals surface area contributed by atoms with Crippen molar-refractivity contribution in [2.45, 2.75) is 12.8 Å². The predicted molar refractivity (Wildman–Crippen MR) is 61.2 cm³/mol. The van der Waals surface area contributed by atoms with Gasteiger partial charge in [-0.2, -0.15) is 0 Å². The molecule has 0 aliphatic rings. The first-order chi connectivity index (χ1) is 5.75.